The lowest BCUT2D eigenvalue weighted by Gasteiger charge is -2.36. The van der Waals surface area contributed by atoms with Gasteiger partial charge in [0.2, 0.25) is 0 Å². The van der Waals surface area contributed by atoms with Crippen molar-refractivity contribution in [2.24, 2.45) is 5.73 Å². The molecule has 0 bridgehead atoms. The van der Waals surface area contributed by atoms with Crippen LogP contribution in [0.1, 0.15) is 41.1 Å². The van der Waals surface area contributed by atoms with Gasteiger partial charge >= 0.3 is 0 Å². The van der Waals surface area contributed by atoms with E-state index in [0.717, 1.165) is 56.2 Å². The van der Waals surface area contributed by atoms with E-state index in [-0.39, 0.29) is 18.8 Å². The van der Waals surface area contributed by atoms with Gasteiger partial charge in [0.15, 0.2) is 6.29 Å². The Kier molecular flexibility index (Phi) is 8.79. The van der Waals surface area contributed by atoms with Gasteiger partial charge in [-0.3, -0.25) is 0 Å². The van der Waals surface area contributed by atoms with Gasteiger partial charge in [0.25, 0.3) is 0 Å². The summed E-state index contributed by atoms with van der Waals surface area (Å²) in [6.45, 7) is 0.518. The molecule has 0 aromatic heterocycles. The van der Waals surface area contributed by atoms with Gasteiger partial charge in [-0.2, -0.15) is 0 Å². The first-order valence-electron chi connectivity index (χ1n) is 12.8. The average molecular weight is 528 g/mol. The first-order valence-corrected chi connectivity index (χ1v) is 13.8. The van der Waals surface area contributed by atoms with Crippen LogP contribution in [0.2, 0.25) is 0 Å². The number of aliphatic hydroxyl groups excluding tert-OH is 1. The predicted molar refractivity (Wildman–Crippen MR) is 152 cm³/mol. The maximum atomic E-state index is 9.46. The number of rotatable bonds is 9. The van der Waals surface area contributed by atoms with Crippen LogP contribution in [0, 0.1) is 0 Å². The number of hydrogen-bond acceptors (Lipinski definition) is 6. The van der Waals surface area contributed by atoms with Crippen LogP contribution < -0.4 is 10.5 Å². The Hall–Kier alpha value is -3.13. The minimum absolute atomic E-state index is 0.0232. The molecule has 0 unspecified atom stereocenters. The van der Waals surface area contributed by atoms with Crippen LogP contribution in [-0.2, 0) is 22.6 Å². The number of methoxy groups -OCH3 is 1. The number of thioether (sulfide) groups is 1. The molecule has 5 nitrogen and oxygen atoms in total. The minimum Gasteiger partial charge on any atom is -0.496 e. The molecule has 0 aliphatic carbocycles. The van der Waals surface area contributed by atoms with Gasteiger partial charge < -0.3 is 25.1 Å². The van der Waals surface area contributed by atoms with E-state index in [9.17, 15) is 5.11 Å². The SMILES string of the molecule is COc1ccccc1SC[C@@H]1C[C@H](c2ccc(CO)cc2)O[C@H](c2ccc(-c3ccccc3CN)cc2)O1. The summed E-state index contributed by atoms with van der Waals surface area (Å²) in [4.78, 5) is 1.09. The summed E-state index contributed by atoms with van der Waals surface area (Å²) in [5.74, 6) is 1.64. The van der Waals surface area contributed by atoms with Crippen molar-refractivity contribution in [2.75, 3.05) is 12.9 Å². The summed E-state index contributed by atoms with van der Waals surface area (Å²) >= 11 is 1.73. The Balaban J connectivity index is 1.38. The van der Waals surface area contributed by atoms with Crippen molar-refractivity contribution >= 4 is 11.8 Å². The fourth-order valence-corrected chi connectivity index (χ4v) is 5.79. The van der Waals surface area contributed by atoms with E-state index in [2.05, 4.69) is 42.5 Å². The maximum absolute atomic E-state index is 9.46. The summed E-state index contributed by atoms with van der Waals surface area (Å²) in [6.07, 6.45) is 0.0959. The summed E-state index contributed by atoms with van der Waals surface area (Å²) in [5.41, 5.74) is 12.3. The van der Waals surface area contributed by atoms with Gasteiger partial charge in [-0.1, -0.05) is 84.9 Å². The molecule has 6 heteroatoms. The second-order valence-electron chi connectivity index (χ2n) is 9.30. The van der Waals surface area contributed by atoms with Crippen molar-refractivity contribution in [1.82, 2.24) is 0 Å². The lowest BCUT2D eigenvalue weighted by atomic mass is 9.98. The third-order valence-corrected chi connectivity index (χ3v) is 8.03. The van der Waals surface area contributed by atoms with Crippen LogP contribution in [0.25, 0.3) is 11.1 Å². The van der Waals surface area contributed by atoms with Crippen LogP contribution >= 0.6 is 11.8 Å². The minimum atomic E-state index is -0.492. The molecule has 0 amide bonds. The third-order valence-electron chi connectivity index (χ3n) is 6.84. The number of aliphatic hydroxyl groups is 1. The summed E-state index contributed by atoms with van der Waals surface area (Å²) in [7, 11) is 1.70. The number of para-hydroxylation sites is 1. The van der Waals surface area contributed by atoms with E-state index in [1.807, 2.05) is 54.6 Å². The van der Waals surface area contributed by atoms with Gasteiger partial charge in [-0.05, 0) is 39.9 Å². The summed E-state index contributed by atoms with van der Waals surface area (Å²) in [5, 5.41) is 9.46. The lowest BCUT2D eigenvalue weighted by Crippen LogP contribution is -2.31. The average Bonchev–Trinajstić information content (AvgIpc) is 3.00. The maximum Gasteiger partial charge on any atom is 0.184 e. The molecule has 4 aromatic carbocycles. The van der Waals surface area contributed by atoms with Crippen molar-refractivity contribution in [1.29, 1.82) is 0 Å². The predicted octanol–water partition coefficient (Wildman–Crippen LogP) is 6.65. The molecule has 1 fully saturated rings. The highest BCUT2D eigenvalue weighted by Crippen LogP contribution is 2.40. The molecule has 1 aliphatic heterocycles. The van der Waals surface area contributed by atoms with Gasteiger partial charge in [0.1, 0.15) is 5.75 Å². The van der Waals surface area contributed by atoms with Crippen molar-refractivity contribution in [2.45, 2.75) is 43.0 Å². The highest BCUT2D eigenvalue weighted by atomic mass is 32.2. The van der Waals surface area contributed by atoms with Crippen molar-refractivity contribution < 1.29 is 19.3 Å². The molecule has 0 radical (unpaired) electrons. The van der Waals surface area contributed by atoms with E-state index in [4.69, 9.17) is 19.9 Å². The largest absolute Gasteiger partial charge is 0.496 e. The van der Waals surface area contributed by atoms with E-state index in [1.165, 1.54) is 0 Å². The zero-order chi connectivity index (χ0) is 26.3. The Morgan fingerprint density at radius 2 is 1.58 bits per heavy atom. The van der Waals surface area contributed by atoms with Crippen LogP contribution in [0.3, 0.4) is 0 Å². The van der Waals surface area contributed by atoms with Crippen LogP contribution in [0.5, 0.6) is 5.75 Å². The van der Waals surface area contributed by atoms with E-state index in [1.54, 1.807) is 18.9 Å². The van der Waals surface area contributed by atoms with Gasteiger partial charge in [-0.25, -0.2) is 0 Å². The number of nitrogens with two attached hydrogens (primary N) is 1. The highest BCUT2D eigenvalue weighted by Gasteiger charge is 2.32. The molecule has 3 N–H and O–H groups in total. The van der Waals surface area contributed by atoms with Gasteiger partial charge in [0, 0.05) is 29.2 Å². The molecule has 1 aliphatic rings. The van der Waals surface area contributed by atoms with Crippen molar-refractivity contribution in [3.63, 3.8) is 0 Å². The summed E-state index contributed by atoms with van der Waals surface area (Å²) < 4.78 is 18.6. The van der Waals surface area contributed by atoms with Gasteiger partial charge in [0.05, 0.1) is 25.9 Å². The molecule has 5 rings (SSSR count). The number of benzene rings is 4. The molecule has 0 saturated carbocycles. The summed E-state index contributed by atoms with van der Waals surface area (Å²) in [6, 6.07) is 32.6. The molecule has 1 heterocycles. The zero-order valence-electron chi connectivity index (χ0n) is 21.5. The van der Waals surface area contributed by atoms with Crippen LogP contribution in [0.4, 0.5) is 0 Å². The van der Waals surface area contributed by atoms with E-state index in [0.29, 0.717) is 6.54 Å². The monoisotopic (exact) mass is 527 g/mol. The second-order valence-corrected chi connectivity index (χ2v) is 10.4. The second kappa shape index (κ2) is 12.6. The topological polar surface area (TPSA) is 73.9 Å². The highest BCUT2D eigenvalue weighted by molar-refractivity contribution is 7.99. The normalized spacial score (nSPS) is 19.3. The molecule has 4 aromatic rings. The molecule has 38 heavy (non-hydrogen) atoms. The lowest BCUT2D eigenvalue weighted by molar-refractivity contribution is -0.245. The first-order chi connectivity index (χ1) is 18.7. The Morgan fingerprint density at radius 3 is 2.32 bits per heavy atom. The third kappa shape index (κ3) is 6.12. The van der Waals surface area contributed by atoms with E-state index < -0.39 is 6.29 Å². The first kappa shape index (κ1) is 26.5. The molecular formula is C32H33NO4S. The number of hydrogen-bond donors (Lipinski definition) is 2. The van der Waals surface area contributed by atoms with Gasteiger partial charge in [-0.15, -0.1) is 11.8 Å². The standard InChI is InChI=1S/C32H33NO4S/c1-35-29-8-4-5-9-31(29)38-21-27-18-30(24-12-10-22(20-34)11-13-24)37-32(36-27)25-16-14-23(15-17-25)28-7-3-2-6-26(28)19-33/h2-17,27,30,32,34H,18-21,33H2,1H3/t27-,30+,32+/m0/s1. The zero-order valence-corrected chi connectivity index (χ0v) is 22.3. The quantitative estimate of drug-likeness (QED) is 0.237. The van der Waals surface area contributed by atoms with Crippen LogP contribution in [0.15, 0.2) is 102 Å². The van der Waals surface area contributed by atoms with Crippen molar-refractivity contribution in [3.05, 3.63) is 119 Å². The van der Waals surface area contributed by atoms with Crippen LogP contribution in [-0.4, -0.2) is 24.1 Å². The molecule has 1 saturated heterocycles. The Morgan fingerprint density at radius 1 is 0.868 bits per heavy atom. The van der Waals surface area contributed by atoms with E-state index >= 15 is 0 Å². The Labute approximate surface area is 228 Å². The van der Waals surface area contributed by atoms with Crippen molar-refractivity contribution in [3.8, 4) is 16.9 Å². The fourth-order valence-electron chi connectivity index (χ4n) is 4.74. The molecule has 0 spiro atoms. The molecule has 3 atom stereocenters. The molecule has 196 valence electrons. The molecular weight excluding hydrogens is 494 g/mol. The Bertz CT molecular complexity index is 1330. The smallest absolute Gasteiger partial charge is 0.184 e. The fraction of sp³-hybridized carbons (Fsp3) is 0.250. The number of ether oxygens (including phenoxy) is 3.